The number of carbonyl (C=O) groups excluding carboxylic acids is 1. The van der Waals surface area contributed by atoms with Crippen molar-refractivity contribution in [3.8, 4) is 0 Å². The molecule has 1 heterocycles. The zero-order valence-electron chi connectivity index (χ0n) is 16.6. The Morgan fingerprint density at radius 3 is 2.15 bits per heavy atom. The lowest BCUT2D eigenvalue weighted by atomic mass is 9.95. The first kappa shape index (κ1) is 20.7. The Morgan fingerprint density at radius 2 is 1.62 bits per heavy atom. The molecule has 1 aromatic carbocycles. The van der Waals surface area contributed by atoms with E-state index in [0.29, 0.717) is 24.5 Å². The molecule has 1 N–H and O–H groups in total. The number of amides is 1. The SMILES string of the molecule is CCOC(=O)NC1CCCN(S(=O)(=O)c2c(C)c(C)c(C)c(C)c2C)C1. The van der Waals surface area contributed by atoms with Gasteiger partial charge in [0.25, 0.3) is 0 Å². The first-order valence-corrected chi connectivity index (χ1v) is 10.6. The Labute approximate surface area is 157 Å². The summed E-state index contributed by atoms with van der Waals surface area (Å²) in [6.07, 6.45) is 0.957. The molecule has 1 aliphatic heterocycles. The quantitative estimate of drug-likeness (QED) is 0.868. The summed E-state index contributed by atoms with van der Waals surface area (Å²) in [5.41, 5.74) is 4.80. The molecule has 1 unspecified atom stereocenters. The van der Waals surface area contributed by atoms with Crippen LogP contribution >= 0.6 is 0 Å². The van der Waals surface area contributed by atoms with E-state index >= 15 is 0 Å². The molecule has 7 heteroatoms. The Bertz CT molecular complexity index is 773. The summed E-state index contributed by atoms with van der Waals surface area (Å²) in [6.45, 7) is 12.5. The van der Waals surface area contributed by atoms with Crippen molar-refractivity contribution < 1.29 is 17.9 Å². The number of alkyl carbamates (subject to hydrolysis) is 1. The minimum Gasteiger partial charge on any atom is -0.450 e. The van der Waals surface area contributed by atoms with Crippen molar-refractivity contribution in [1.29, 1.82) is 0 Å². The normalized spacial score (nSPS) is 18.6. The average molecular weight is 383 g/mol. The van der Waals surface area contributed by atoms with Gasteiger partial charge in [-0.15, -0.1) is 0 Å². The Balaban J connectivity index is 2.35. The summed E-state index contributed by atoms with van der Waals surface area (Å²) in [6, 6.07) is -0.231. The monoisotopic (exact) mass is 382 g/mol. The van der Waals surface area contributed by atoms with Gasteiger partial charge in [-0.25, -0.2) is 13.2 Å². The molecular weight excluding hydrogens is 352 g/mol. The minimum atomic E-state index is -3.62. The van der Waals surface area contributed by atoms with E-state index in [4.69, 9.17) is 4.74 Å². The van der Waals surface area contributed by atoms with Crippen molar-refractivity contribution in [3.05, 3.63) is 27.8 Å². The van der Waals surface area contributed by atoms with Crippen LogP contribution in [0.5, 0.6) is 0 Å². The fourth-order valence-electron chi connectivity index (χ4n) is 3.60. The number of hydrogen-bond donors (Lipinski definition) is 1. The number of nitrogens with one attached hydrogen (secondary N) is 1. The van der Waals surface area contributed by atoms with Gasteiger partial charge in [0.15, 0.2) is 0 Å². The maximum atomic E-state index is 13.4. The second-order valence-corrected chi connectivity index (χ2v) is 8.90. The number of piperidine rings is 1. The van der Waals surface area contributed by atoms with Crippen molar-refractivity contribution in [1.82, 2.24) is 9.62 Å². The topological polar surface area (TPSA) is 75.7 Å². The lowest BCUT2D eigenvalue weighted by Gasteiger charge is -2.33. The van der Waals surface area contributed by atoms with E-state index in [2.05, 4.69) is 5.32 Å². The third-order valence-electron chi connectivity index (χ3n) is 5.51. The van der Waals surface area contributed by atoms with Crippen molar-refractivity contribution in [2.45, 2.75) is 65.3 Å². The molecule has 1 saturated heterocycles. The lowest BCUT2D eigenvalue weighted by molar-refractivity contribution is 0.142. The molecule has 1 aromatic rings. The molecule has 146 valence electrons. The van der Waals surface area contributed by atoms with Gasteiger partial charge in [0.2, 0.25) is 10.0 Å². The van der Waals surface area contributed by atoms with Gasteiger partial charge in [-0.3, -0.25) is 0 Å². The number of ether oxygens (including phenoxy) is 1. The van der Waals surface area contributed by atoms with Crippen molar-refractivity contribution in [3.63, 3.8) is 0 Å². The van der Waals surface area contributed by atoms with Crippen LogP contribution in [-0.4, -0.2) is 44.6 Å². The van der Waals surface area contributed by atoms with E-state index in [-0.39, 0.29) is 12.6 Å². The van der Waals surface area contributed by atoms with Crippen molar-refractivity contribution >= 4 is 16.1 Å². The third-order valence-corrected chi connectivity index (χ3v) is 7.65. The highest BCUT2D eigenvalue weighted by Crippen LogP contribution is 2.32. The smallest absolute Gasteiger partial charge is 0.407 e. The van der Waals surface area contributed by atoms with Crippen LogP contribution in [0.1, 0.15) is 47.6 Å². The summed E-state index contributed by atoms with van der Waals surface area (Å²) >= 11 is 0. The van der Waals surface area contributed by atoms with E-state index in [1.54, 1.807) is 6.92 Å². The fourth-order valence-corrected chi connectivity index (χ4v) is 5.68. The van der Waals surface area contributed by atoms with Crippen LogP contribution in [0.15, 0.2) is 4.90 Å². The molecule has 0 radical (unpaired) electrons. The van der Waals surface area contributed by atoms with Crippen LogP contribution in [0.4, 0.5) is 4.79 Å². The van der Waals surface area contributed by atoms with Crippen molar-refractivity contribution in [2.24, 2.45) is 0 Å². The molecule has 1 aliphatic rings. The Morgan fingerprint density at radius 1 is 1.08 bits per heavy atom. The standard InChI is InChI=1S/C19H30N2O4S/c1-7-25-19(22)20-17-9-8-10-21(11-17)26(23,24)18-15(5)13(3)12(2)14(4)16(18)6/h17H,7-11H2,1-6H3,(H,20,22). The molecule has 1 amide bonds. The highest BCUT2D eigenvalue weighted by Gasteiger charge is 2.34. The molecule has 0 spiro atoms. The summed E-state index contributed by atoms with van der Waals surface area (Å²) in [5, 5.41) is 2.77. The molecule has 0 bridgehead atoms. The maximum Gasteiger partial charge on any atom is 0.407 e. The predicted octanol–water partition coefficient (Wildman–Crippen LogP) is 3.13. The summed E-state index contributed by atoms with van der Waals surface area (Å²) in [7, 11) is -3.62. The number of nitrogens with zero attached hydrogens (tertiary/aromatic N) is 1. The molecule has 26 heavy (non-hydrogen) atoms. The van der Waals surface area contributed by atoms with Crippen LogP contribution in [0, 0.1) is 34.6 Å². The van der Waals surface area contributed by atoms with Crippen LogP contribution in [-0.2, 0) is 14.8 Å². The van der Waals surface area contributed by atoms with Gasteiger partial charge in [-0.2, -0.15) is 4.31 Å². The van der Waals surface area contributed by atoms with E-state index in [1.165, 1.54) is 4.31 Å². The molecular formula is C19H30N2O4S. The lowest BCUT2D eigenvalue weighted by Crippen LogP contribution is -2.49. The van der Waals surface area contributed by atoms with E-state index in [0.717, 1.165) is 34.2 Å². The number of benzene rings is 1. The van der Waals surface area contributed by atoms with Gasteiger partial charge in [-0.05, 0) is 82.2 Å². The van der Waals surface area contributed by atoms with Crippen LogP contribution < -0.4 is 5.32 Å². The van der Waals surface area contributed by atoms with Gasteiger partial charge in [0.1, 0.15) is 0 Å². The zero-order valence-corrected chi connectivity index (χ0v) is 17.4. The third kappa shape index (κ3) is 3.88. The maximum absolute atomic E-state index is 13.4. The first-order valence-electron chi connectivity index (χ1n) is 9.11. The Hall–Kier alpha value is -1.60. The summed E-state index contributed by atoms with van der Waals surface area (Å²) in [5.74, 6) is 0. The average Bonchev–Trinajstić information content (AvgIpc) is 2.58. The van der Waals surface area contributed by atoms with Gasteiger partial charge in [0, 0.05) is 19.1 Å². The van der Waals surface area contributed by atoms with E-state index in [9.17, 15) is 13.2 Å². The number of carbonyl (C=O) groups is 1. The minimum absolute atomic E-state index is 0.231. The molecule has 2 rings (SSSR count). The van der Waals surface area contributed by atoms with Crippen LogP contribution in [0.25, 0.3) is 0 Å². The molecule has 0 aromatic heterocycles. The molecule has 0 saturated carbocycles. The van der Waals surface area contributed by atoms with Gasteiger partial charge < -0.3 is 10.1 Å². The second kappa shape index (κ2) is 7.96. The second-order valence-electron chi connectivity index (χ2n) is 7.02. The largest absolute Gasteiger partial charge is 0.450 e. The van der Waals surface area contributed by atoms with E-state index < -0.39 is 16.1 Å². The van der Waals surface area contributed by atoms with Gasteiger partial charge >= 0.3 is 6.09 Å². The number of sulfonamides is 1. The molecule has 0 aliphatic carbocycles. The molecule has 1 atom stereocenters. The molecule has 6 nitrogen and oxygen atoms in total. The predicted molar refractivity (Wildman–Crippen MR) is 102 cm³/mol. The van der Waals surface area contributed by atoms with Crippen molar-refractivity contribution in [2.75, 3.05) is 19.7 Å². The summed E-state index contributed by atoms with van der Waals surface area (Å²) in [4.78, 5) is 12.1. The van der Waals surface area contributed by atoms with Crippen LogP contribution in [0.3, 0.4) is 0 Å². The summed E-state index contributed by atoms with van der Waals surface area (Å²) < 4.78 is 33.2. The van der Waals surface area contributed by atoms with Gasteiger partial charge in [-0.1, -0.05) is 0 Å². The zero-order chi connectivity index (χ0) is 19.6. The van der Waals surface area contributed by atoms with Gasteiger partial charge in [0.05, 0.1) is 11.5 Å². The fraction of sp³-hybridized carbons (Fsp3) is 0.632. The van der Waals surface area contributed by atoms with E-state index in [1.807, 2.05) is 34.6 Å². The van der Waals surface area contributed by atoms with Crippen LogP contribution in [0.2, 0.25) is 0 Å². The molecule has 1 fully saturated rings. The number of rotatable bonds is 4. The highest BCUT2D eigenvalue weighted by atomic mass is 32.2. The Kier molecular flexibility index (Phi) is 6.34. The number of hydrogen-bond acceptors (Lipinski definition) is 4. The highest BCUT2D eigenvalue weighted by molar-refractivity contribution is 7.89. The first-order chi connectivity index (χ1) is 12.1.